The maximum absolute atomic E-state index is 12.4. The summed E-state index contributed by atoms with van der Waals surface area (Å²) >= 11 is 7.18. The van der Waals surface area contributed by atoms with E-state index in [2.05, 4.69) is 10.4 Å². The summed E-state index contributed by atoms with van der Waals surface area (Å²) in [4.78, 5) is 4.88. The van der Waals surface area contributed by atoms with Crippen LogP contribution in [0.25, 0.3) is 0 Å². The Morgan fingerprint density at radius 3 is 2.80 bits per heavy atom. The SMILES string of the molecule is CN(Cc1ccc(Cl)s1)S(=O)(=O)c1ccnc(NN)c1. The standard InChI is InChI=1S/C11H13ClN4O2S2/c1-16(7-8-2-3-10(12)19-8)20(17,18)9-4-5-14-11(6-9)15-13/h2-6H,7,13H2,1H3,(H,14,15). The smallest absolute Gasteiger partial charge is 0.243 e. The number of aromatic nitrogens is 1. The molecular formula is C11H13ClN4O2S2. The quantitative estimate of drug-likeness (QED) is 0.645. The molecule has 0 radical (unpaired) electrons. The van der Waals surface area contributed by atoms with Gasteiger partial charge in [-0.3, -0.25) is 0 Å². The van der Waals surface area contributed by atoms with Crippen molar-refractivity contribution < 1.29 is 8.42 Å². The number of rotatable bonds is 5. The number of nitrogens with two attached hydrogens (primary N) is 1. The fourth-order valence-corrected chi connectivity index (χ4v) is 3.96. The summed E-state index contributed by atoms with van der Waals surface area (Å²) in [6.45, 7) is 0.257. The number of hydrazine groups is 1. The molecule has 0 amide bonds. The maximum Gasteiger partial charge on any atom is 0.243 e. The predicted molar refractivity (Wildman–Crippen MR) is 80.0 cm³/mol. The summed E-state index contributed by atoms with van der Waals surface area (Å²) in [5.41, 5.74) is 2.32. The summed E-state index contributed by atoms with van der Waals surface area (Å²) in [7, 11) is -2.09. The van der Waals surface area contributed by atoms with E-state index in [0.717, 1.165) is 4.88 Å². The van der Waals surface area contributed by atoms with Crippen LogP contribution < -0.4 is 11.3 Å². The first-order valence-corrected chi connectivity index (χ1v) is 8.20. The molecule has 9 heteroatoms. The lowest BCUT2D eigenvalue weighted by Crippen LogP contribution is -2.26. The van der Waals surface area contributed by atoms with Crippen molar-refractivity contribution in [1.29, 1.82) is 0 Å². The van der Waals surface area contributed by atoms with Crippen molar-refractivity contribution in [3.8, 4) is 0 Å². The number of sulfonamides is 1. The lowest BCUT2D eigenvalue weighted by molar-refractivity contribution is 0.469. The monoisotopic (exact) mass is 332 g/mol. The Kier molecular flexibility index (Phi) is 4.61. The van der Waals surface area contributed by atoms with Gasteiger partial charge in [0.25, 0.3) is 0 Å². The second-order valence-electron chi connectivity index (χ2n) is 3.99. The van der Waals surface area contributed by atoms with E-state index < -0.39 is 10.0 Å². The zero-order valence-electron chi connectivity index (χ0n) is 10.6. The Balaban J connectivity index is 2.24. The van der Waals surface area contributed by atoms with Crippen molar-refractivity contribution in [3.05, 3.63) is 39.7 Å². The van der Waals surface area contributed by atoms with Crippen LogP contribution in [-0.4, -0.2) is 24.8 Å². The topological polar surface area (TPSA) is 88.3 Å². The predicted octanol–water partition coefficient (Wildman–Crippen LogP) is 1.90. The number of nitrogens with one attached hydrogen (secondary N) is 1. The number of thiophene rings is 1. The number of pyridine rings is 1. The molecule has 0 aliphatic rings. The molecule has 0 atom stereocenters. The first-order valence-electron chi connectivity index (χ1n) is 5.56. The number of anilines is 1. The molecule has 2 rings (SSSR count). The fraction of sp³-hybridized carbons (Fsp3) is 0.182. The van der Waals surface area contributed by atoms with Gasteiger partial charge in [-0.2, -0.15) is 4.31 Å². The Hall–Kier alpha value is -1.19. The molecule has 0 spiro atoms. The van der Waals surface area contributed by atoms with Gasteiger partial charge >= 0.3 is 0 Å². The zero-order chi connectivity index (χ0) is 14.8. The third kappa shape index (κ3) is 3.28. The highest BCUT2D eigenvalue weighted by Crippen LogP contribution is 2.24. The molecule has 0 fully saturated rings. The van der Waals surface area contributed by atoms with E-state index in [1.807, 2.05) is 0 Å². The maximum atomic E-state index is 12.4. The van der Waals surface area contributed by atoms with Gasteiger partial charge in [0.05, 0.1) is 9.23 Å². The van der Waals surface area contributed by atoms with E-state index in [9.17, 15) is 8.42 Å². The molecule has 2 heterocycles. The van der Waals surface area contributed by atoms with Crippen molar-refractivity contribution in [2.24, 2.45) is 5.84 Å². The van der Waals surface area contributed by atoms with Crippen LogP contribution in [-0.2, 0) is 16.6 Å². The molecule has 0 aromatic carbocycles. The Morgan fingerprint density at radius 1 is 1.45 bits per heavy atom. The molecule has 0 aliphatic carbocycles. The van der Waals surface area contributed by atoms with Gasteiger partial charge in [-0.05, 0) is 18.2 Å². The van der Waals surface area contributed by atoms with Crippen LogP contribution >= 0.6 is 22.9 Å². The molecule has 0 aliphatic heterocycles. The van der Waals surface area contributed by atoms with Crippen LogP contribution in [0.1, 0.15) is 4.88 Å². The van der Waals surface area contributed by atoms with Crippen LogP contribution in [0.15, 0.2) is 35.4 Å². The van der Waals surface area contributed by atoms with Crippen LogP contribution in [0.2, 0.25) is 4.34 Å². The minimum Gasteiger partial charge on any atom is -0.308 e. The minimum absolute atomic E-state index is 0.130. The highest BCUT2D eigenvalue weighted by molar-refractivity contribution is 7.89. The first-order chi connectivity index (χ1) is 9.43. The third-order valence-corrected chi connectivity index (χ3v) is 5.61. The molecule has 3 N–H and O–H groups in total. The third-order valence-electron chi connectivity index (χ3n) is 2.59. The zero-order valence-corrected chi connectivity index (χ0v) is 13.0. The molecule has 0 saturated heterocycles. The Labute approximate surface area is 126 Å². The molecule has 20 heavy (non-hydrogen) atoms. The average Bonchev–Trinajstić information content (AvgIpc) is 2.84. The lowest BCUT2D eigenvalue weighted by atomic mass is 10.5. The number of nitrogen functional groups attached to an aromatic ring is 1. The molecular weight excluding hydrogens is 320 g/mol. The van der Waals surface area contributed by atoms with E-state index >= 15 is 0 Å². The van der Waals surface area contributed by atoms with Crippen LogP contribution in [0.4, 0.5) is 5.82 Å². The van der Waals surface area contributed by atoms with Crippen molar-refractivity contribution in [1.82, 2.24) is 9.29 Å². The van der Waals surface area contributed by atoms with Gasteiger partial charge in [-0.1, -0.05) is 11.6 Å². The van der Waals surface area contributed by atoms with Gasteiger partial charge in [0, 0.05) is 30.7 Å². The molecule has 0 unspecified atom stereocenters. The average molecular weight is 333 g/mol. The largest absolute Gasteiger partial charge is 0.308 e. The summed E-state index contributed by atoms with van der Waals surface area (Å²) in [5.74, 6) is 5.52. The summed E-state index contributed by atoms with van der Waals surface area (Å²) in [6.07, 6.45) is 1.39. The molecule has 108 valence electrons. The summed E-state index contributed by atoms with van der Waals surface area (Å²) in [6, 6.07) is 6.35. The molecule has 2 aromatic rings. The number of nitrogens with zero attached hydrogens (tertiary/aromatic N) is 2. The van der Waals surface area contributed by atoms with Gasteiger partial charge in [-0.15, -0.1) is 11.3 Å². The van der Waals surface area contributed by atoms with Crippen molar-refractivity contribution in [3.63, 3.8) is 0 Å². The van der Waals surface area contributed by atoms with Gasteiger partial charge in [-0.25, -0.2) is 19.2 Å². The second-order valence-corrected chi connectivity index (χ2v) is 7.83. The van der Waals surface area contributed by atoms with Crippen LogP contribution in [0.3, 0.4) is 0 Å². The molecule has 6 nitrogen and oxygen atoms in total. The van der Waals surface area contributed by atoms with Crippen LogP contribution in [0, 0.1) is 0 Å². The Morgan fingerprint density at radius 2 is 2.20 bits per heavy atom. The molecule has 2 aromatic heterocycles. The highest BCUT2D eigenvalue weighted by Gasteiger charge is 2.22. The van der Waals surface area contributed by atoms with E-state index in [0.29, 0.717) is 10.2 Å². The highest BCUT2D eigenvalue weighted by atomic mass is 35.5. The van der Waals surface area contributed by atoms with Gasteiger partial charge in [0.2, 0.25) is 10.0 Å². The van der Waals surface area contributed by atoms with Gasteiger partial charge < -0.3 is 5.43 Å². The van der Waals surface area contributed by atoms with E-state index in [4.69, 9.17) is 17.4 Å². The van der Waals surface area contributed by atoms with E-state index in [1.165, 1.54) is 41.0 Å². The lowest BCUT2D eigenvalue weighted by Gasteiger charge is -2.16. The van der Waals surface area contributed by atoms with Crippen molar-refractivity contribution >= 4 is 38.8 Å². The second kappa shape index (κ2) is 6.06. The number of hydrogen-bond acceptors (Lipinski definition) is 6. The first kappa shape index (κ1) is 15.2. The minimum atomic E-state index is -3.60. The summed E-state index contributed by atoms with van der Waals surface area (Å²) in [5, 5.41) is 0. The van der Waals surface area contributed by atoms with Crippen LogP contribution in [0.5, 0.6) is 0 Å². The van der Waals surface area contributed by atoms with Crippen molar-refractivity contribution in [2.75, 3.05) is 12.5 Å². The molecule has 0 bridgehead atoms. The summed E-state index contributed by atoms with van der Waals surface area (Å²) < 4.78 is 26.7. The van der Waals surface area contributed by atoms with Gasteiger partial charge in [0.15, 0.2) is 0 Å². The van der Waals surface area contributed by atoms with Gasteiger partial charge in [0.1, 0.15) is 5.82 Å². The number of hydrogen-bond donors (Lipinski definition) is 2. The Bertz CT molecular complexity index is 702. The number of halogens is 1. The van der Waals surface area contributed by atoms with Crippen molar-refractivity contribution in [2.45, 2.75) is 11.4 Å². The fourth-order valence-electron chi connectivity index (χ4n) is 1.57. The molecule has 0 saturated carbocycles. The van der Waals surface area contributed by atoms with E-state index in [1.54, 1.807) is 12.1 Å². The van der Waals surface area contributed by atoms with E-state index in [-0.39, 0.29) is 11.4 Å². The normalized spacial score (nSPS) is 11.8.